The van der Waals surface area contributed by atoms with E-state index in [4.69, 9.17) is 0 Å². The number of carboxylic acid groups (broad SMARTS) is 1. The Morgan fingerprint density at radius 1 is 0.953 bits per heavy atom. The first-order valence-corrected chi connectivity index (χ1v) is 13.4. The first-order valence-electron chi connectivity index (χ1n) is 13.4. The van der Waals surface area contributed by atoms with Crippen LogP contribution in [-0.2, 0) is 27.2 Å². The van der Waals surface area contributed by atoms with E-state index in [1.54, 1.807) is 25.2 Å². The number of likely N-dealkylation sites (N-methyl/N-ethyl adjacent to an activating group) is 1. The molecule has 0 bridgehead atoms. The highest BCUT2D eigenvalue weighted by atomic mass is 19.4. The third-order valence-electron chi connectivity index (χ3n) is 7.49. The quantitative estimate of drug-likeness (QED) is 0.302. The van der Waals surface area contributed by atoms with E-state index in [9.17, 15) is 46.2 Å². The summed E-state index contributed by atoms with van der Waals surface area (Å²) in [7, 11) is 1.55. The van der Waals surface area contributed by atoms with Crippen molar-refractivity contribution in [2.75, 3.05) is 13.6 Å². The second-order valence-corrected chi connectivity index (χ2v) is 10.2. The van der Waals surface area contributed by atoms with Gasteiger partial charge in [0.05, 0.1) is 17.6 Å². The molecule has 3 aromatic rings. The third-order valence-corrected chi connectivity index (χ3v) is 7.49. The minimum absolute atomic E-state index is 0.0490. The van der Waals surface area contributed by atoms with Crippen LogP contribution < -0.4 is 10.6 Å². The zero-order valence-electron chi connectivity index (χ0n) is 22.9. The number of rotatable bonds is 10. The van der Waals surface area contributed by atoms with Crippen molar-refractivity contribution in [2.45, 2.75) is 55.9 Å². The predicted octanol–water partition coefficient (Wildman–Crippen LogP) is 3.78. The second-order valence-electron chi connectivity index (χ2n) is 10.2. The molecule has 0 saturated carbocycles. The molecule has 2 heterocycles. The highest BCUT2D eigenvalue weighted by Crippen LogP contribution is 2.37. The molecule has 1 aliphatic rings. The lowest BCUT2D eigenvalue weighted by Gasteiger charge is -2.30. The Morgan fingerprint density at radius 3 is 2.23 bits per heavy atom. The maximum absolute atomic E-state index is 14.3. The van der Waals surface area contributed by atoms with Crippen LogP contribution in [-0.4, -0.2) is 82.1 Å². The number of para-hydroxylation sites is 1. The van der Waals surface area contributed by atoms with Crippen molar-refractivity contribution in [1.82, 2.24) is 20.1 Å². The monoisotopic (exact) mass is 608 g/mol. The Kier molecular flexibility index (Phi) is 9.18. The number of nitrogens with one attached hydrogen (secondary N) is 2. The summed E-state index contributed by atoms with van der Waals surface area (Å²) < 4.78 is 69.1. The van der Waals surface area contributed by atoms with Crippen LogP contribution in [0.25, 0.3) is 10.9 Å². The van der Waals surface area contributed by atoms with Gasteiger partial charge < -0.3 is 20.6 Å². The molecule has 0 radical (unpaired) electrons. The summed E-state index contributed by atoms with van der Waals surface area (Å²) in [5.41, 5.74) is 0.886. The Morgan fingerprint density at radius 2 is 1.60 bits per heavy atom. The van der Waals surface area contributed by atoms with Gasteiger partial charge in [0.25, 0.3) is 0 Å². The van der Waals surface area contributed by atoms with Gasteiger partial charge >= 0.3 is 18.2 Å². The zero-order chi connectivity index (χ0) is 31.5. The molecule has 1 aromatic heterocycles. The molecule has 3 atom stereocenters. The number of carbonyl (C=O) groups is 4. The first-order chi connectivity index (χ1) is 20.3. The van der Waals surface area contributed by atoms with Gasteiger partial charge in [-0.1, -0.05) is 48.5 Å². The molecule has 2 aromatic carbocycles. The molecule has 0 aliphatic carbocycles. The van der Waals surface area contributed by atoms with Crippen LogP contribution in [0.4, 0.5) is 26.7 Å². The molecule has 43 heavy (non-hydrogen) atoms. The van der Waals surface area contributed by atoms with Gasteiger partial charge in [-0.3, -0.25) is 19.0 Å². The van der Waals surface area contributed by atoms with Gasteiger partial charge in [0.2, 0.25) is 17.6 Å². The number of halogens is 5. The average molecular weight is 609 g/mol. The summed E-state index contributed by atoms with van der Waals surface area (Å²) in [4.78, 5) is 52.4. The van der Waals surface area contributed by atoms with Crippen LogP contribution in [0.5, 0.6) is 0 Å². The van der Waals surface area contributed by atoms with Gasteiger partial charge in [-0.05, 0) is 43.5 Å². The smallest absolute Gasteiger partial charge is 0.461 e. The van der Waals surface area contributed by atoms with E-state index in [2.05, 4.69) is 5.32 Å². The Hall–Kier alpha value is -4.33. The van der Waals surface area contributed by atoms with Crippen molar-refractivity contribution >= 4 is 34.6 Å². The van der Waals surface area contributed by atoms with Crippen molar-refractivity contribution in [3.63, 3.8) is 0 Å². The van der Waals surface area contributed by atoms with Crippen LogP contribution in [0, 0.1) is 0 Å². The summed E-state index contributed by atoms with van der Waals surface area (Å²) in [5.74, 6) is -9.96. The molecule has 0 spiro atoms. The number of likely N-dealkylation sites (tertiary alicyclic amines) is 1. The number of hydrogen-bond acceptors (Lipinski definition) is 5. The molecule has 1 saturated heterocycles. The molecule has 2 amide bonds. The molecule has 9 nitrogen and oxygen atoms in total. The SMILES string of the molecule is CN[C@H](Cc1ccccc1)C(=O)N1CCCC1C(=O)N[C@@H](Cc1cn(C(=O)O)c2ccccc12)C(=O)C(F)(F)C(F)(F)F. The Labute approximate surface area is 242 Å². The number of carbonyl (C=O) groups excluding carboxylic acids is 3. The number of fused-ring (bicyclic) bond motifs is 1. The lowest BCUT2D eigenvalue weighted by atomic mass is 9.97. The van der Waals surface area contributed by atoms with Crippen molar-refractivity contribution in [3.05, 3.63) is 71.9 Å². The van der Waals surface area contributed by atoms with Gasteiger partial charge in [0.1, 0.15) is 6.04 Å². The van der Waals surface area contributed by atoms with Crippen molar-refractivity contribution in [3.8, 4) is 0 Å². The van der Waals surface area contributed by atoms with E-state index < -0.39 is 60.3 Å². The minimum Gasteiger partial charge on any atom is -0.464 e. The number of amides is 2. The standard InChI is InChI=1S/C29H29F5N4O5/c1-35-21(14-17-8-3-2-4-9-17)26(41)37-13-7-12-23(37)25(40)36-20(24(39)28(30,31)29(32,33)34)15-18-16-38(27(42)43)22-11-6-5-10-19(18)22/h2-6,8-11,16,20-21,23,35H,7,12-15H2,1H3,(H,36,40)(H,42,43)/t20-,21+,23?/m0/s1. The number of ketones is 1. The zero-order valence-corrected chi connectivity index (χ0v) is 22.9. The van der Waals surface area contributed by atoms with E-state index in [0.29, 0.717) is 6.42 Å². The molecule has 1 unspecified atom stereocenters. The summed E-state index contributed by atoms with van der Waals surface area (Å²) >= 11 is 0. The molecule has 1 fully saturated rings. The van der Waals surface area contributed by atoms with E-state index in [-0.39, 0.29) is 35.9 Å². The summed E-state index contributed by atoms with van der Waals surface area (Å²) in [6, 6.07) is 10.4. The van der Waals surface area contributed by atoms with Crippen molar-refractivity contribution < 1.29 is 46.2 Å². The summed E-state index contributed by atoms with van der Waals surface area (Å²) in [6.07, 6.45) is -6.83. The van der Waals surface area contributed by atoms with Gasteiger partial charge in [-0.2, -0.15) is 22.0 Å². The second kappa shape index (κ2) is 12.5. The van der Waals surface area contributed by atoms with E-state index in [1.165, 1.54) is 29.2 Å². The fraction of sp³-hybridized carbons (Fsp3) is 0.379. The van der Waals surface area contributed by atoms with Crippen LogP contribution >= 0.6 is 0 Å². The maximum Gasteiger partial charge on any atom is 0.461 e. The molecule has 230 valence electrons. The van der Waals surface area contributed by atoms with Crippen LogP contribution in [0.15, 0.2) is 60.8 Å². The molecule has 3 N–H and O–H groups in total. The van der Waals surface area contributed by atoms with Crippen LogP contribution in [0.1, 0.15) is 24.0 Å². The van der Waals surface area contributed by atoms with Gasteiger partial charge in [0, 0.05) is 24.5 Å². The normalized spacial score (nSPS) is 17.1. The number of Topliss-reactive ketones (excluding diaryl/α,β-unsaturated/α-hetero) is 1. The molecule has 4 rings (SSSR count). The third kappa shape index (κ3) is 6.53. The molecule has 14 heteroatoms. The van der Waals surface area contributed by atoms with Crippen LogP contribution in [0.2, 0.25) is 0 Å². The van der Waals surface area contributed by atoms with E-state index in [1.807, 2.05) is 17.4 Å². The summed E-state index contributed by atoms with van der Waals surface area (Å²) in [5, 5.41) is 14.6. The average Bonchev–Trinajstić information content (AvgIpc) is 3.60. The summed E-state index contributed by atoms with van der Waals surface area (Å²) in [6.45, 7) is 0.132. The largest absolute Gasteiger partial charge is 0.464 e. The van der Waals surface area contributed by atoms with E-state index in [0.717, 1.165) is 16.3 Å². The fourth-order valence-corrected chi connectivity index (χ4v) is 5.29. The topological polar surface area (TPSA) is 121 Å². The molecular weight excluding hydrogens is 579 g/mol. The van der Waals surface area contributed by atoms with Crippen LogP contribution in [0.3, 0.4) is 0 Å². The van der Waals surface area contributed by atoms with Gasteiger partial charge in [0.15, 0.2) is 0 Å². The predicted molar refractivity (Wildman–Crippen MR) is 145 cm³/mol. The first kappa shape index (κ1) is 31.6. The number of alkyl halides is 5. The lowest BCUT2D eigenvalue weighted by molar-refractivity contribution is -0.269. The van der Waals surface area contributed by atoms with Gasteiger partial charge in [-0.15, -0.1) is 0 Å². The molecular formula is C29H29F5N4O5. The maximum atomic E-state index is 14.3. The number of benzene rings is 2. The van der Waals surface area contributed by atoms with E-state index >= 15 is 0 Å². The molecule has 1 aliphatic heterocycles. The number of nitrogens with zero attached hydrogens (tertiary/aromatic N) is 2. The fourth-order valence-electron chi connectivity index (χ4n) is 5.29. The number of aromatic nitrogens is 1. The highest BCUT2D eigenvalue weighted by molar-refractivity contribution is 5.98. The van der Waals surface area contributed by atoms with Crippen molar-refractivity contribution in [1.29, 1.82) is 0 Å². The highest BCUT2D eigenvalue weighted by Gasteiger charge is 2.64. The lowest BCUT2D eigenvalue weighted by Crippen LogP contribution is -2.58. The number of hydrogen-bond donors (Lipinski definition) is 3. The van der Waals surface area contributed by atoms with Gasteiger partial charge in [-0.25, -0.2) is 4.79 Å². The minimum atomic E-state index is -6.24. The Balaban J connectivity index is 1.62. The Bertz CT molecular complexity index is 1510. The van der Waals surface area contributed by atoms with Crippen molar-refractivity contribution in [2.24, 2.45) is 0 Å².